The van der Waals surface area contributed by atoms with Gasteiger partial charge in [0.15, 0.2) is 0 Å². The minimum absolute atomic E-state index is 0.0280. The number of benzene rings is 2. The van der Waals surface area contributed by atoms with E-state index in [1.165, 1.54) is 28.6 Å². The molecule has 2 fully saturated rings. The number of nitrogens with zero attached hydrogens (tertiary/aromatic N) is 3. The zero-order valence-electron chi connectivity index (χ0n) is 17.0. The molecule has 1 amide bonds. The highest BCUT2D eigenvalue weighted by Crippen LogP contribution is 2.43. The second kappa shape index (κ2) is 8.89. The van der Waals surface area contributed by atoms with Gasteiger partial charge in [-0.2, -0.15) is 4.31 Å². The van der Waals surface area contributed by atoms with Crippen LogP contribution < -0.4 is 0 Å². The summed E-state index contributed by atoms with van der Waals surface area (Å²) in [5.74, 6) is -0.292. The smallest absolute Gasteiger partial charge is 0.269 e. The molecule has 2 heterocycles. The standard InChI is InChI=1S/C21H22BrN3O6S/c22-15-5-3-14(4-6-15)21-18-12-23(11-1-2-20(27)24(18)19(21)13-26)32(30,31)17-9-7-16(8-10-17)25(28)29/h3-10,18-19,21,26H,1-2,11-13H2/t18-,19-,21+/m1/s1. The van der Waals surface area contributed by atoms with E-state index < -0.39 is 27.0 Å². The number of aliphatic hydroxyl groups is 1. The maximum Gasteiger partial charge on any atom is 0.269 e. The third-order valence-corrected chi connectivity index (χ3v) is 8.56. The minimum atomic E-state index is -3.92. The number of carbonyl (C=O) groups excluding carboxylic acids is 1. The van der Waals surface area contributed by atoms with Crippen LogP contribution in [0.2, 0.25) is 0 Å². The minimum Gasteiger partial charge on any atom is -0.394 e. The lowest BCUT2D eigenvalue weighted by molar-refractivity contribution is -0.384. The third-order valence-electron chi connectivity index (χ3n) is 6.15. The Hall–Kier alpha value is -2.34. The predicted molar refractivity (Wildman–Crippen MR) is 119 cm³/mol. The first-order valence-corrected chi connectivity index (χ1v) is 12.4. The molecule has 11 heteroatoms. The monoisotopic (exact) mass is 523 g/mol. The zero-order chi connectivity index (χ0) is 23.0. The summed E-state index contributed by atoms with van der Waals surface area (Å²) in [5.41, 5.74) is 0.739. The van der Waals surface area contributed by atoms with Gasteiger partial charge in [-0.25, -0.2) is 8.42 Å². The van der Waals surface area contributed by atoms with Gasteiger partial charge in [0.1, 0.15) is 0 Å². The van der Waals surface area contributed by atoms with Crippen molar-refractivity contribution < 1.29 is 23.2 Å². The molecule has 2 aromatic rings. The first-order chi connectivity index (χ1) is 15.2. The molecule has 4 rings (SSSR count). The molecular weight excluding hydrogens is 502 g/mol. The lowest BCUT2D eigenvalue weighted by Gasteiger charge is -2.56. The van der Waals surface area contributed by atoms with Crippen LogP contribution in [-0.2, 0) is 14.8 Å². The van der Waals surface area contributed by atoms with E-state index >= 15 is 0 Å². The molecule has 2 saturated heterocycles. The molecule has 170 valence electrons. The molecule has 0 spiro atoms. The Morgan fingerprint density at radius 3 is 2.38 bits per heavy atom. The molecule has 2 aliphatic heterocycles. The number of hydrogen-bond donors (Lipinski definition) is 1. The van der Waals surface area contributed by atoms with Gasteiger partial charge in [0.25, 0.3) is 5.69 Å². The van der Waals surface area contributed by atoms with E-state index in [2.05, 4.69) is 15.9 Å². The van der Waals surface area contributed by atoms with E-state index in [-0.39, 0.29) is 48.5 Å². The maximum absolute atomic E-state index is 13.3. The molecule has 0 unspecified atom stereocenters. The first kappa shape index (κ1) is 22.8. The Kier molecular flexibility index (Phi) is 6.35. The Bertz CT molecular complexity index is 1120. The van der Waals surface area contributed by atoms with Gasteiger partial charge in [-0.15, -0.1) is 0 Å². The molecule has 1 N–H and O–H groups in total. The fourth-order valence-corrected chi connectivity index (χ4v) is 6.35. The number of fused-ring (bicyclic) bond motifs is 1. The summed E-state index contributed by atoms with van der Waals surface area (Å²) in [6.45, 7) is 0.0482. The molecule has 0 aromatic heterocycles. The van der Waals surface area contributed by atoms with Crippen LogP contribution in [0.15, 0.2) is 57.9 Å². The van der Waals surface area contributed by atoms with Gasteiger partial charge in [-0.1, -0.05) is 28.1 Å². The van der Waals surface area contributed by atoms with E-state index in [1.807, 2.05) is 24.3 Å². The maximum atomic E-state index is 13.3. The van der Waals surface area contributed by atoms with Crippen LogP contribution >= 0.6 is 15.9 Å². The third kappa shape index (κ3) is 4.05. The van der Waals surface area contributed by atoms with Gasteiger partial charge >= 0.3 is 0 Å². The second-order valence-corrected chi connectivity index (χ2v) is 10.8. The fraction of sp³-hybridized carbons (Fsp3) is 0.381. The van der Waals surface area contributed by atoms with E-state index in [0.29, 0.717) is 6.42 Å². The molecule has 9 nitrogen and oxygen atoms in total. The Labute approximate surface area is 194 Å². The van der Waals surface area contributed by atoms with Crippen LogP contribution in [-0.4, -0.2) is 65.3 Å². The molecule has 0 bridgehead atoms. The largest absolute Gasteiger partial charge is 0.394 e. The number of nitro benzene ring substituents is 1. The number of halogens is 1. The molecular formula is C21H22BrN3O6S. The van der Waals surface area contributed by atoms with Crippen LogP contribution in [0, 0.1) is 10.1 Å². The van der Waals surface area contributed by atoms with Crippen molar-refractivity contribution in [2.75, 3.05) is 19.7 Å². The number of amides is 1. The normalized spacial score (nSPS) is 24.2. The van der Waals surface area contributed by atoms with Crippen molar-refractivity contribution in [2.45, 2.75) is 35.7 Å². The molecule has 0 radical (unpaired) electrons. The van der Waals surface area contributed by atoms with Crippen LogP contribution in [0.3, 0.4) is 0 Å². The summed E-state index contributed by atoms with van der Waals surface area (Å²) in [6.07, 6.45) is 0.543. The highest BCUT2D eigenvalue weighted by atomic mass is 79.9. The summed E-state index contributed by atoms with van der Waals surface area (Å²) >= 11 is 3.40. The van der Waals surface area contributed by atoms with E-state index in [4.69, 9.17) is 0 Å². The van der Waals surface area contributed by atoms with Gasteiger partial charge < -0.3 is 10.0 Å². The number of sulfonamides is 1. The molecule has 32 heavy (non-hydrogen) atoms. The highest BCUT2D eigenvalue weighted by molar-refractivity contribution is 9.10. The van der Waals surface area contributed by atoms with Gasteiger partial charge in [0.05, 0.1) is 28.5 Å². The average molecular weight is 524 g/mol. The van der Waals surface area contributed by atoms with Crippen molar-refractivity contribution in [3.63, 3.8) is 0 Å². The number of aliphatic hydroxyl groups excluding tert-OH is 1. The number of carbonyl (C=O) groups is 1. The quantitative estimate of drug-likeness (QED) is 0.474. The van der Waals surface area contributed by atoms with E-state index in [0.717, 1.165) is 10.0 Å². The molecule has 2 aromatic carbocycles. The van der Waals surface area contributed by atoms with E-state index in [1.54, 1.807) is 4.90 Å². The average Bonchev–Trinajstić information content (AvgIpc) is 2.75. The Morgan fingerprint density at radius 2 is 1.78 bits per heavy atom. The number of nitro groups is 1. The van der Waals surface area contributed by atoms with Crippen LogP contribution in [0.4, 0.5) is 5.69 Å². The van der Waals surface area contributed by atoms with Crippen molar-refractivity contribution in [3.8, 4) is 0 Å². The molecule has 0 saturated carbocycles. The lowest BCUT2D eigenvalue weighted by Crippen LogP contribution is -2.69. The first-order valence-electron chi connectivity index (χ1n) is 10.2. The summed E-state index contributed by atoms with van der Waals surface area (Å²) in [5, 5.41) is 20.9. The summed E-state index contributed by atoms with van der Waals surface area (Å²) in [4.78, 5) is 24.6. The van der Waals surface area contributed by atoms with Gasteiger partial charge in [-0.3, -0.25) is 14.9 Å². The summed E-state index contributed by atoms with van der Waals surface area (Å²) in [7, 11) is -3.92. The van der Waals surface area contributed by atoms with Crippen molar-refractivity contribution in [3.05, 3.63) is 68.7 Å². The van der Waals surface area contributed by atoms with Crippen molar-refractivity contribution in [2.24, 2.45) is 0 Å². The van der Waals surface area contributed by atoms with Crippen molar-refractivity contribution in [1.82, 2.24) is 9.21 Å². The number of rotatable bonds is 5. The van der Waals surface area contributed by atoms with E-state index in [9.17, 15) is 28.4 Å². The van der Waals surface area contributed by atoms with Gasteiger partial charge in [0.2, 0.25) is 15.9 Å². The summed E-state index contributed by atoms with van der Waals surface area (Å²) in [6, 6.07) is 11.6. The predicted octanol–water partition coefficient (Wildman–Crippen LogP) is 2.50. The summed E-state index contributed by atoms with van der Waals surface area (Å²) < 4.78 is 28.9. The highest BCUT2D eigenvalue weighted by Gasteiger charge is 2.52. The van der Waals surface area contributed by atoms with Crippen molar-refractivity contribution in [1.29, 1.82) is 0 Å². The van der Waals surface area contributed by atoms with Crippen molar-refractivity contribution >= 4 is 37.5 Å². The van der Waals surface area contributed by atoms with Gasteiger partial charge in [0, 0.05) is 42.0 Å². The number of non-ortho nitro benzene ring substituents is 1. The molecule has 3 atom stereocenters. The Balaban J connectivity index is 1.66. The van der Waals surface area contributed by atoms with Gasteiger partial charge in [-0.05, 0) is 36.2 Å². The van der Waals surface area contributed by atoms with Crippen LogP contribution in [0.25, 0.3) is 0 Å². The fourth-order valence-electron chi connectivity index (χ4n) is 4.59. The van der Waals surface area contributed by atoms with Crippen LogP contribution in [0.5, 0.6) is 0 Å². The lowest BCUT2D eigenvalue weighted by atomic mass is 9.74. The Morgan fingerprint density at radius 1 is 1.12 bits per heavy atom. The zero-order valence-corrected chi connectivity index (χ0v) is 19.4. The SMILES string of the molecule is O=C1CCCN(S(=O)(=O)c2ccc([N+](=O)[O-])cc2)C[C@@H]2[C@H](c3ccc(Br)cc3)[C@@H](CO)N12. The second-order valence-electron chi connectivity index (χ2n) is 7.91. The topological polar surface area (TPSA) is 121 Å². The number of hydrogen-bond acceptors (Lipinski definition) is 6. The molecule has 0 aliphatic carbocycles. The van der Waals surface area contributed by atoms with Crippen LogP contribution in [0.1, 0.15) is 24.3 Å². The molecule has 2 aliphatic rings.